The lowest BCUT2D eigenvalue weighted by Gasteiger charge is -2.08. The number of halogens is 3. The van der Waals surface area contributed by atoms with Gasteiger partial charge in [0.05, 0.1) is 11.8 Å². The summed E-state index contributed by atoms with van der Waals surface area (Å²) in [6.45, 7) is 1.93. The first kappa shape index (κ1) is 14.6. The minimum Gasteiger partial charge on any atom is -0.304 e. The van der Waals surface area contributed by atoms with Crippen molar-refractivity contribution in [3.63, 3.8) is 0 Å². The van der Waals surface area contributed by atoms with Gasteiger partial charge in [0.2, 0.25) is 0 Å². The molecule has 2 aromatic rings. The van der Waals surface area contributed by atoms with Crippen LogP contribution in [0.2, 0.25) is 0 Å². The SMILES string of the molecule is Cc1ccc(Br)c(C(=O)Nc2ncc(Br)nc2Br)c1. The quantitative estimate of drug-likeness (QED) is 0.742. The number of amides is 1. The molecule has 0 spiro atoms. The van der Waals surface area contributed by atoms with E-state index >= 15 is 0 Å². The summed E-state index contributed by atoms with van der Waals surface area (Å²) in [6, 6.07) is 5.57. The number of anilines is 1. The van der Waals surface area contributed by atoms with Gasteiger partial charge in [0, 0.05) is 4.47 Å². The highest BCUT2D eigenvalue weighted by Crippen LogP contribution is 2.22. The van der Waals surface area contributed by atoms with E-state index in [-0.39, 0.29) is 5.91 Å². The van der Waals surface area contributed by atoms with E-state index in [0.29, 0.717) is 20.6 Å². The number of benzene rings is 1. The molecule has 1 aromatic carbocycles. The molecule has 19 heavy (non-hydrogen) atoms. The predicted octanol–water partition coefficient (Wildman–Crippen LogP) is 4.32. The molecule has 98 valence electrons. The van der Waals surface area contributed by atoms with Crippen LogP contribution in [0.4, 0.5) is 5.82 Å². The van der Waals surface area contributed by atoms with E-state index in [9.17, 15) is 4.79 Å². The lowest BCUT2D eigenvalue weighted by Crippen LogP contribution is -2.14. The monoisotopic (exact) mass is 447 g/mol. The number of hydrogen-bond donors (Lipinski definition) is 1. The molecule has 1 heterocycles. The van der Waals surface area contributed by atoms with E-state index in [4.69, 9.17) is 0 Å². The first-order valence-corrected chi connectivity index (χ1v) is 7.61. The molecule has 0 aliphatic rings. The largest absolute Gasteiger partial charge is 0.304 e. The minimum atomic E-state index is -0.243. The molecule has 0 atom stereocenters. The molecule has 0 aliphatic heterocycles. The Morgan fingerprint density at radius 2 is 2.00 bits per heavy atom. The Morgan fingerprint density at radius 3 is 2.68 bits per heavy atom. The Morgan fingerprint density at radius 1 is 1.26 bits per heavy atom. The van der Waals surface area contributed by atoms with Crippen LogP contribution in [0.5, 0.6) is 0 Å². The summed E-state index contributed by atoms with van der Waals surface area (Å²) in [5, 5.41) is 2.71. The first-order valence-electron chi connectivity index (χ1n) is 5.23. The molecule has 0 bridgehead atoms. The van der Waals surface area contributed by atoms with Crippen LogP contribution in [-0.4, -0.2) is 15.9 Å². The second-order valence-electron chi connectivity index (χ2n) is 3.77. The third-order valence-corrected chi connectivity index (χ3v) is 3.93. The number of rotatable bonds is 2. The molecule has 0 radical (unpaired) electrons. The molecule has 1 amide bonds. The number of carbonyl (C=O) groups excluding carboxylic acids is 1. The summed E-state index contributed by atoms with van der Waals surface area (Å²) in [4.78, 5) is 20.4. The summed E-state index contributed by atoms with van der Waals surface area (Å²) < 4.78 is 1.80. The van der Waals surface area contributed by atoms with Crippen LogP contribution in [0, 0.1) is 6.92 Å². The van der Waals surface area contributed by atoms with Crippen LogP contribution >= 0.6 is 47.8 Å². The van der Waals surface area contributed by atoms with Gasteiger partial charge in [0.25, 0.3) is 5.91 Å². The van der Waals surface area contributed by atoms with Gasteiger partial charge in [-0.25, -0.2) is 9.97 Å². The van der Waals surface area contributed by atoms with Crippen LogP contribution in [0.15, 0.2) is 38.1 Å². The van der Waals surface area contributed by atoms with Crippen molar-refractivity contribution in [1.29, 1.82) is 0 Å². The number of hydrogen-bond acceptors (Lipinski definition) is 3. The zero-order valence-electron chi connectivity index (χ0n) is 9.75. The lowest BCUT2D eigenvalue weighted by atomic mass is 10.1. The van der Waals surface area contributed by atoms with E-state index < -0.39 is 0 Å². The minimum absolute atomic E-state index is 0.243. The number of carbonyl (C=O) groups is 1. The van der Waals surface area contributed by atoms with Crippen LogP contribution in [0.3, 0.4) is 0 Å². The predicted molar refractivity (Wildman–Crippen MR) is 84.3 cm³/mol. The molecule has 1 aromatic heterocycles. The summed E-state index contributed by atoms with van der Waals surface area (Å²) >= 11 is 9.81. The topological polar surface area (TPSA) is 54.9 Å². The van der Waals surface area contributed by atoms with Gasteiger partial charge in [-0.15, -0.1) is 0 Å². The highest BCUT2D eigenvalue weighted by molar-refractivity contribution is 9.11. The second kappa shape index (κ2) is 6.11. The van der Waals surface area contributed by atoms with Crippen LogP contribution in [0.25, 0.3) is 0 Å². The van der Waals surface area contributed by atoms with E-state index in [0.717, 1.165) is 10.0 Å². The third-order valence-electron chi connectivity index (χ3n) is 2.30. The van der Waals surface area contributed by atoms with Crippen LogP contribution in [-0.2, 0) is 0 Å². The maximum atomic E-state index is 12.2. The fourth-order valence-electron chi connectivity index (χ4n) is 1.42. The average Bonchev–Trinajstić information content (AvgIpc) is 2.35. The maximum absolute atomic E-state index is 12.2. The number of aryl methyl sites for hydroxylation is 1. The van der Waals surface area contributed by atoms with Gasteiger partial charge in [-0.1, -0.05) is 11.6 Å². The van der Waals surface area contributed by atoms with Gasteiger partial charge in [-0.3, -0.25) is 4.79 Å². The first-order chi connectivity index (χ1) is 8.97. The Labute approximate surface area is 135 Å². The molecule has 7 heteroatoms. The van der Waals surface area contributed by atoms with Crippen molar-refractivity contribution in [2.45, 2.75) is 6.92 Å². The van der Waals surface area contributed by atoms with Crippen molar-refractivity contribution in [1.82, 2.24) is 9.97 Å². The zero-order valence-corrected chi connectivity index (χ0v) is 14.5. The molecule has 0 saturated heterocycles. The van der Waals surface area contributed by atoms with Gasteiger partial charge < -0.3 is 5.32 Å². The van der Waals surface area contributed by atoms with Crippen LogP contribution < -0.4 is 5.32 Å². The summed E-state index contributed by atoms with van der Waals surface area (Å²) in [5.74, 6) is 0.134. The Balaban J connectivity index is 2.28. The summed E-state index contributed by atoms with van der Waals surface area (Å²) in [6.07, 6.45) is 1.52. The fourth-order valence-corrected chi connectivity index (χ4v) is 2.76. The average molecular weight is 450 g/mol. The highest BCUT2D eigenvalue weighted by Gasteiger charge is 2.13. The molecule has 2 rings (SSSR count). The van der Waals surface area contributed by atoms with Gasteiger partial charge in [0.1, 0.15) is 9.21 Å². The number of aromatic nitrogens is 2. The highest BCUT2D eigenvalue weighted by atomic mass is 79.9. The Kier molecular flexibility index (Phi) is 4.70. The second-order valence-corrected chi connectivity index (χ2v) is 6.19. The van der Waals surface area contributed by atoms with Gasteiger partial charge in [-0.2, -0.15) is 0 Å². The zero-order chi connectivity index (χ0) is 14.0. The molecule has 4 nitrogen and oxygen atoms in total. The van der Waals surface area contributed by atoms with Crippen molar-refractivity contribution in [3.05, 3.63) is 49.2 Å². The molecule has 0 aliphatic carbocycles. The van der Waals surface area contributed by atoms with E-state index in [2.05, 4.69) is 63.1 Å². The van der Waals surface area contributed by atoms with Crippen molar-refractivity contribution >= 4 is 59.5 Å². The van der Waals surface area contributed by atoms with Crippen LogP contribution in [0.1, 0.15) is 15.9 Å². The summed E-state index contributed by atoms with van der Waals surface area (Å²) in [7, 11) is 0. The molecule has 0 saturated carbocycles. The molecule has 1 N–H and O–H groups in total. The maximum Gasteiger partial charge on any atom is 0.258 e. The van der Waals surface area contributed by atoms with E-state index in [1.165, 1.54) is 6.20 Å². The standard InChI is InChI=1S/C12H8Br3N3O/c1-6-2-3-8(13)7(4-6)12(19)18-11-10(15)17-9(14)5-16-11/h2-5H,1H3,(H,16,18,19). The van der Waals surface area contributed by atoms with Crippen molar-refractivity contribution in [3.8, 4) is 0 Å². The molecular weight excluding hydrogens is 442 g/mol. The number of nitrogens with zero attached hydrogens (tertiary/aromatic N) is 2. The van der Waals surface area contributed by atoms with Gasteiger partial charge >= 0.3 is 0 Å². The third kappa shape index (κ3) is 3.61. The number of nitrogens with one attached hydrogen (secondary N) is 1. The van der Waals surface area contributed by atoms with E-state index in [1.807, 2.05) is 19.1 Å². The Bertz CT molecular complexity index is 646. The molecular formula is C12H8Br3N3O. The summed E-state index contributed by atoms with van der Waals surface area (Å²) in [5.41, 5.74) is 1.56. The van der Waals surface area contributed by atoms with Crippen molar-refractivity contribution < 1.29 is 4.79 Å². The van der Waals surface area contributed by atoms with Gasteiger partial charge in [-0.05, 0) is 66.8 Å². The van der Waals surface area contributed by atoms with Crippen molar-refractivity contribution in [2.75, 3.05) is 5.32 Å². The smallest absolute Gasteiger partial charge is 0.258 e. The lowest BCUT2D eigenvalue weighted by molar-refractivity contribution is 0.102. The Hall–Kier alpha value is -0.790. The molecule has 0 unspecified atom stereocenters. The fraction of sp³-hybridized carbons (Fsp3) is 0.0833. The normalized spacial score (nSPS) is 10.3. The van der Waals surface area contributed by atoms with Crippen molar-refractivity contribution in [2.24, 2.45) is 0 Å². The van der Waals surface area contributed by atoms with E-state index in [1.54, 1.807) is 6.07 Å². The van der Waals surface area contributed by atoms with Gasteiger partial charge in [0.15, 0.2) is 5.82 Å². The molecule has 0 fully saturated rings.